The van der Waals surface area contributed by atoms with Crippen molar-refractivity contribution in [3.63, 3.8) is 0 Å². The average molecular weight is 332 g/mol. The smallest absolute Gasteiger partial charge is 0.325 e. The van der Waals surface area contributed by atoms with Crippen molar-refractivity contribution in [1.82, 2.24) is 10.2 Å². The molecule has 6 nitrogen and oxygen atoms in total. The molecule has 1 saturated heterocycles. The number of benzene rings is 1. The molecule has 1 heterocycles. The number of carbonyl (C=O) groups is 2. The third-order valence-electron chi connectivity index (χ3n) is 5.19. The van der Waals surface area contributed by atoms with Crippen molar-refractivity contribution in [2.75, 3.05) is 14.2 Å². The van der Waals surface area contributed by atoms with Crippen LogP contribution in [-0.2, 0) is 11.3 Å². The molecule has 1 aliphatic heterocycles. The van der Waals surface area contributed by atoms with Gasteiger partial charge in [-0.3, -0.25) is 9.69 Å². The Labute approximate surface area is 142 Å². The van der Waals surface area contributed by atoms with Gasteiger partial charge in [-0.25, -0.2) is 4.79 Å². The number of nitrogens with zero attached hydrogens (tertiary/aromatic N) is 1. The molecule has 2 fully saturated rings. The minimum Gasteiger partial charge on any atom is -0.497 e. The second-order valence-corrected chi connectivity index (χ2v) is 6.76. The van der Waals surface area contributed by atoms with Gasteiger partial charge in [0.25, 0.3) is 5.91 Å². The van der Waals surface area contributed by atoms with Gasteiger partial charge in [-0.15, -0.1) is 0 Å². The number of carbonyl (C=O) groups excluding carboxylic acids is 2. The lowest BCUT2D eigenvalue weighted by Crippen LogP contribution is -2.49. The predicted octanol–water partition coefficient (Wildman–Crippen LogP) is 2.70. The highest BCUT2D eigenvalue weighted by Gasteiger charge is 2.52. The van der Waals surface area contributed by atoms with Gasteiger partial charge in [0.05, 0.1) is 20.8 Å². The monoisotopic (exact) mass is 332 g/mol. The Morgan fingerprint density at radius 1 is 1.21 bits per heavy atom. The molecule has 1 aliphatic carbocycles. The summed E-state index contributed by atoms with van der Waals surface area (Å²) < 4.78 is 10.6. The minimum atomic E-state index is -0.713. The average Bonchev–Trinajstić information content (AvgIpc) is 2.82. The molecule has 1 aromatic carbocycles. The predicted molar refractivity (Wildman–Crippen MR) is 89.0 cm³/mol. The fraction of sp³-hybridized carbons (Fsp3) is 0.556. The van der Waals surface area contributed by atoms with Gasteiger partial charge in [0.1, 0.15) is 17.0 Å². The van der Waals surface area contributed by atoms with Gasteiger partial charge < -0.3 is 14.8 Å². The zero-order valence-corrected chi connectivity index (χ0v) is 14.4. The zero-order chi connectivity index (χ0) is 17.3. The van der Waals surface area contributed by atoms with Gasteiger partial charge in [-0.1, -0.05) is 6.92 Å². The Hall–Kier alpha value is -2.24. The lowest BCUT2D eigenvalue weighted by Gasteiger charge is -2.33. The number of imide groups is 1. The van der Waals surface area contributed by atoms with Crippen molar-refractivity contribution < 1.29 is 19.1 Å². The lowest BCUT2D eigenvalue weighted by molar-refractivity contribution is -0.133. The summed E-state index contributed by atoms with van der Waals surface area (Å²) >= 11 is 0. The molecule has 1 spiro atoms. The number of hydrogen-bond donors (Lipinski definition) is 1. The molecule has 0 bridgehead atoms. The van der Waals surface area contributed by atoms with E-state index in [2.05, 4.69) is 12.2 Å². The van der Waals surface area contributed by atoms with Crippen LogP contribution in [0, 0.1) is 5.92 Å². The highest BCUT2D eigenvalue weighted by Crippen LogP contribution is 2.37. The molecule has 3 amide bonds. The van der Waals surface area contributed by atoms with Crippen molar-refractivity contribution in [2.24, 2.45) is 5.92 Å². The summed E-state index contributed by atoms with van der Waals surface area (Å²) in [6.45, 7) is 2.37. The number of ether oxygens (including phenoxy) is 2. The second-order valence-electron chi connectivity index (χ2n) is 6.76. The number of hydrogen-bond acceptors (Lipinski definition) is 4. The summed E-state index contributed by atoms with van der Waals surface area (Å²) in [5.41, 5.74) is 0.0389. The Bertz CT molecular complexity index is 650. The number of rotatable bonds is 4. The van der Waals surface area contributed by atoms with E-state index >= 15 is 0 Å². The first kappa shape index (κ1) is 16.6. The molecule has 0 atom stereocenters. The van der Waals surface area contributed by atoms with Gasteiger partial charge in [0.15, 0.2) is 0 Å². The van der Waals surface area contributed by atoms with Crippen LogP contribution in [0.5, 0.6) is 11.5 Å². The van der Waals surface area contributed by atoms with Crippen LogP contribution in [0.25, 0.3) is 0 Å². The number of methoxy groups -OCH3 is 2. The topological polar surface area (TPSA) is 67.9 Å². The molecular weight excluding hydrogens is 308 g/mol. The van der Waals surface area contributed by atoms with Crippen molar-refractivity contribution >= 4 is 11.9 Å². The molecule has 0 unspecified atom stereocenters. The quantitative estimate of drug-likeness (QED) is 0.861. The van der Waals surface area contributed by atoms with E-state index in [-0.39, 0.29) is 18.5 Å². The molecule has 1 aromatic rings. The van der Waals surface area contributed by atoms with E-state index in [1.807, 2.05) is 0 Å². The van der Waals surface area contributed by atoms with E-state index in [9.17, 15) is 9.59 Å². The number of urea groups is 1. The van der Waals surface area contributed by atoms with Crippen LogP contribution in [-0.4, -0.2) is 36.6 Å². The molecule has 3 rings (SSSR count). The van der Waals surface area contributed by atoms with Crippen LogP contribution in [0.1, 0.15) is 38.2 Å². The molecule has 24 heavy (non-hydrogen) atoms. The van der Waals surface area contributed by atoms with Crippen molar-refractivity contribution in [3.05, 3.63) is 23.8 Å². The van der Waals surface area contributed by atoms with Crippen molar-refractivity contribution in [1.29, 1.82) is 0 Å². The van der Waals surface area contributed by atoms with E-state index in [0.29, 0.717) is 30.3 Å². The van der Waals surface area contributed by atoms with E-state index in [0.717, 1.165) is 18.4 Å². The van der Waals surface area contributed by atoms with Crippen molar-refractivity contribution in [2.45, 2.75) is 44.7 Å². The molecule has 0 aromatic heterocycles. The molecule has 2 aliphatic rings. The Morgan fingerprint density at radius 3 is 2.54 bits per heavy atom. The molecule has 1 N–H and O–H groups in total. The van der Waals surface area contributed by atoms with Gasteiger partial charge in [-0.2, -0.15) is 0 Å². The first-order valence-electron chi connectivity index (χ1n) is 8.34. The highest BCUT2D eigenvalue weighted by atomic mass is 16.5. The van der Waals surface area contributed by atoms with Gasteiger partial charge in [0, 0.05) is 5.56 Å². The number of nitrogens with one attached hydrogen (secondary N) is 1. The third kappa shape index (κ3) is 2.81. The maximum absolute atomic E-state index is 12.9. The Kier molecular flexibility index (Phi) is 4.39. The summed E-state index contributed by atoms with van der Waals surface area (Å²) in [6.07, 6.45) is 3.35. The maximum Gasteiger partial charge on any atom is 0.325 e. The molecule has 0 radical (unpaired) electrons. The summed E-state index contributed by atoms with van der Waals surface area (Å²) in [5.74, 6) is 1.78. The molecule has 130 valence electrons. The lowest BCUT2D eigenvalue weighted by atomic mass is 9.77. The first-order chi connectivity index (χ1) is 11.5. The van der Waals surface area contributed by atoms with Crippen LogP contribution < -0.4 is 14.8 Å². The SMILES string of the molecule is COc1ccc(OC)c(CN2C(=O)NC3(CCC(C)CC3)C2=O)c1. The first-order valence-corrected chi connectivity index (χ1v) is 8.34. The Morgan fingerprint density at radius 2 is 1.92 bits per heavy atom. The maximum atomic E-state index is 12.9. The van der Waals surface area contributed by atoms with Crippen molar-refractivity contribution in [3.8, 4) is 11.5 Å². The zero-order valence-electron chi connectivity index (χ0n) is 14.4. The van der Waals surface area contributed by atoms with Gasteiger partial charge in [0.2, 0.25) is 0 Å². The van der Waals surface area contributed by atoms with Crippen LogP contribution in [0.4, 0.5) is 4.79 Å². The summed E-state index contributed by atoms with van der Waals surface area (Å²) in [6, 6.07) is 5.05. The largest absolute Gasteiger partial charge is 0.497 e. The van der Waals surface area contributed by atoms with E-state index in [4.69, 9.17) is 9.47 Å². The van der Waals surface area contributed by atoms with E-state index < -0.39 is 5.54 Å². The highest BCUT2D eigenvalue weighted by molar-refractivity contribution is 6.07. The molecule has 1 saturated carbocycles. The Balaban J connectivity index is 1.83. The van der Waals surface area contributed by atoms with Crippen LogP contribution in [0.15, 0.2) is 18.2 Å². The minimum absolute atomic E-state index is 0.121. The fourth-order valence-electron chi connectivity index (χ4n) is 3.59. The third-order valence-corrected chi connectivity index (χ3v) is 5.19. The molecular formula is C18H24N2O4. The van der Waals surface area contributed by atoms with Crippen LogP contribution >= 0.6 is 0 Å². The fourth-order valence-corrected chi connectivity index (χ4v) is 3.59. The van der Waals surface area contributed by atoms with Crippen LogP contribution in [0.3, 0.4) is 0 Å². The summed E-state index contributed by atoms with van der Waals surface area (Å²) in [4.78, 5) is 26.6. The normalized spacial score (nSPS) is 26.6. The summed E-state index contributed by atoms with van der Waals surface area (Å²) in [5, 5.41) is 2.94. The van der Waals surface area contributed by atoms with Crippen LogP contribution in [0.2, 0.25) is 0 Å². The summed E-state index contributed by atoms with van der Waals surface area (Å²) in [7, 11) is 3.15. The number of amides is 3. The second kappa shape index (κ2) is 6.34. The van der Waals surface area contributed by atoms with Gasteiger partial charge in [-0.05, 0) is 49.8 Å². The van der Waals surface area contributed by atoms with E-state index in [1.54, 1.807) is 32.4 Å². The molecule has 6 heteroatoms. The van der Waals surface area contributed by atoms with E-state index in [1.165, 1.54) is 4.90 Å². The van der Waals surface area contributed by atoms with Gasteiger partial charge >= 0.3 is 6.03 Å². The standard InChI is InChI=1S/C18H24N2O4/c1-12-6-8-18(9-7-12)16(21)20(17(22)19-18)11-13-10-14(23-2)4-5-15(13)24-3/h4-5,10,12H,6-9,11H2,1-3H3,(H,19,22).